The van der Waals surface area contributed by atoms with Crippen molar-refractivity contribution < 1.29 is 0 Å². The first kappa shape index (κ1) is 13.6. The van der Waals surface area contributed by atoms with Crippen molar-refractivity contribution in [3.05, 3.63) is 42.1 Å². The Hall–Kier alpha value is -1.42. The lowest BCUT2D eigenvalue weighted by molar-refractivity contribution is 0.502. The highest BCUT2D eigenvalue weighted by Gasteiger charge is 2.21. The number of rotatable bonds is 4. The summed E-state index contributed by atoms with van der Waals surface area (Å²) in [5.74, 6) is 3.00. The Morgan fingerprint density at radius 1 is 1.20 bits per heavy atom. The molecular formula is C16H21N3S. The van der Waals surface area contributed by atoms with Crippen LogP contribution >= 0.6 is 11.8 Å². The third-order valence-electron chi connectivity index (χ3n) is 3.98. The first-order valence-electron chi connectivity index (χ1n) is 7.34. The minimum absolute atomic E-state index is 0.704. The number of piperidine rings is 1. The summed E-state index contributed by atoms with van der Waals surface area (Å²) in [4.78, 5) is 3.77. The Bertz CT molecular complexity index is 513. The number of H-pyrrole nitrogens is 1. The molecule has 0 amide bonds. The fraction of sp³-hybridized carbons (Fsp3) is 0.438. The highest BCUT2D eigenvalue weighted by atomic mass is 32.2. The maximum Gasteiger partial charge on any atom is 0.123 e. The minimum Gasteiger partial charge on any atom is -0.357 e. The summed E-state index contributed by atoms with van der Waals surface area (Å²) in [5.41, 5.74) is 1.50. The van der Waals surface area contributed by atoms with E-state index in [2.05, 4.69) is 52.4 Å². The topological polar surface area (TPSA) is 31.9 Å². The molecule has 1 N–H and O–H groups in total. The summed E-state index contributed by atoms with van der Waals surface area (Å²) >= 11 is 1.91. The number of nitrogens with one attached hydrogen (secondary N) is 1. The summed E-state index contributed by atoms with van der Waals surface area (Å²) in [6, 6.07) is 11.2. The zero-order chi connectivity index (χ0) is 13.8. The van der Waals surface area contributed by atoms with Crippen LogP contribution in [0.15, 0.2) is 41.4 Å². The SMILES string of the molecule is CCSc1ccc(C2CCN(c3ccn[nH]3)CC2)cc1. The van der Waals surface area contributed by atoms with E-state index in [0.717, 1.165) is 24.7 Å². The van der Waals surface area contributed by atoms with E-state index in [4.69, 9.17) is 0 Å². The third kappa shape index (κ3) is 3.01. The van der Waals surface area contributed by atoms with E-state index < -0.39 is 0 Å². The lowest BCUT2D eigenvalue weighted by Gasteiger charge is -2.32. The van der Waals surface area contributed by atoms with Gasteiger partial charge in [-0.2, -0.15) is 5.10 Å². The molecule has 0 atom stereocenters. The highest BCUT2D eigenvalue weighted by molar-refractivity contribution is 7.99. The van der Waals surface area contributed by atoms with E-state index in [0.29, 0.717) is 5.92 Å². The molecule has 1 aliphatic heterocycles. The minimum atomic E-state index is 0.704. The van der Waals surface area contributed by atoms with Gasteiger partial charge < -0.3 is 4.90 Å². The molecule has 1 aromatic carbocycles. The molecule has 106 valence electrons. The van der Waals surface area contributed by atoms with E-state index in [9.17, 15) is 0 Å². The zero-order valence-corrected chi connectivity index (χ0v) is 12.7. The van der Waals surface area contributed by atoms with E-state index >= 15 is 0 Å². The average molecular weight is 287 g/mol. The molecular weight excluding hydrogens is 266 g/mol. The standard InChI is InChI=1S/C16H21N3S/c1-2-20-15-5-3-13(4-6-15)14-8-11-19(12-9-14)16-7-10-17-18-16/h3-7,10,14H,2,8-9,11-12H2,1H3,(H,17,18). The fourth-order valence-electron chi connectivity index (χ4n) is 2.88. The second kappa shape index (κ2) is 6.35. The highest BCUT2D eigenvalue weighted by Crippen LogP contribution is 2.30. The van der Waals surface area contributed by atoms with Gasteiger partial charge in [-0.25, -0.2) is 0 Å². The molecule has 1 aliphatic rings. The Labute approximate surface area is 124 Å². The van der Waals surface area contributed by atoms with Crippen LogP contribution in [-0.4, -0.2) is 29.0 Å². The molecule has 0 bridgehead atoms. The van der Waals surface area contributed by atoms with Crippen LogP contribution in [0.1, 0.15) is 31.2 Å². The van der Waals surface area contributed by atoms with Crippen molar-refractivity contribution in [2.75, 3.05) is 23.7 Å². The Morgan fingerprint density at radius 3 is 2.55 bits per heavy atom. The van der Waals surface area contributed by atoms with Gasteiger partial charge in [0.25, 0.3) is 0 Å². The maximum atomic E-state index is 4.03. The molecule has 2 heterocycles. The summed E-state index contributed by atoms with van der Waals surface area (Å²) in [7, 11) is 0. The van der Waals surface area contributed by atoms with Gasteiger partial charge in [0.15, 0.2) is 0 Å². The van der Waals surface area contributed by atoms with Crippen molar-refractivity contribution in [1.29, 1.82) is 0 Å². The summed E-state index contributed by atoms with van der Waals surface area (Å²) < 4.78 is 0. The van der Waals surface area contributed by atoms with Crippen molar-refractivity contribution in [3.8, 4) is 0 Å². The van der Waals surface area contributed by atoms with Crippen LogP contribution in [-0.2, 0) is 0 Å². The van der Waals surface area contributed by atoms with Gasteiger partial charge in [0, 0.05) is 24.1 Å². The van der Waals surface area contributed by atoms with Crippen LogP contribution in [0, 0.1) is 0 Å². The number of aromatic amines is 1. The first-order chi connectivity index (χ1) is 9.86. The fourth-order valence-corrected chi connectivity index (χ4v) is 3.54. The molecule has 0 spiro atoms. The number of hydrogen-bond donors (Lipinski definition) is 1. The summed E-state index contributed by atoms with van der Waals surface area (Å²) in [6.07, 6.45) is 4.27. The molecule has 20 heavy (non-hydrogen) atoms. The Morgan fingerprint density at radius 2 is 1.95 bits per heavy atom. The molecule has 0 unspecified atom stereocenters. The molecule has 0 radical (unpaired) electrons. The molecule has 4 heteroatoms. The second-order valence-electron chi connectivity index (χ2n) is 5.21. The van der Waals surface area contributed by atoms with Gasteiger partial charge in [-0.15, -0.1) is 11.8 Å². The van der Waals surface area contributed by atoms with Crippen LogP contribution < -0.4 is 4.90 Å². The van der Waals surface area contributed by atoms with Crippen LogP contribution in [0.4, 0.5) is 5.82 Å². The quantitative estimate of drug-likeness (QED) is 0.865. The normalized spacial score (nSPS) is 16.6. The molecule has 3 rings (SSSR count). The monoisotopic (exact) mass is 287 g/mol. The van der Waals surface area contributed by atoms with E-state index in [1.54, 1.807) is 0 Å². The molecule has 1 aromatic heterocycles. The van der Waals surface area contributed by atoms with Crippen LogP contribution in [0.5, 0.6) is 0 Å². The number of nitrogens with zero attached hydrogens (tertiary/aromatic N) is 2. The van der Waals surface area contributed by atoms with Crippen LogP contribution in [0.3, 0.4) is 0 Å². The van der Waals surface area contributed by atoms with Crippen molar-refractivity contribution in [2.24, 2.45) is 0 Å². The Kier molecular flexibility index (Phi) is 4.31. The third-order valence-corrected chi connectivity index (χ3v) is 4.88. The van der Waals surface area contributed by atoms with Crippen molar-refractivity contribution in [2.45, 2.75) is 30.6 Å². The molecule has 1 saturated heterocycles. The lowest BCUT2D eigenvalue weighted by atomic mass is 9.89. The first-order valence-corrected chi connectivity index (χ1v) is 8.32. The van der Waals surface area contributed by atoms with E-state index in [-0.39, 0.29) is 0 Å². The molecule has 1 fully saturated rings. The smallest absolute Gasteiger partial charge is 0.123 e. The largest absolute Gasteiger partial charge is 0.357 e. The lowest BCUT2D eigenvalue weighted by Crippen LogP contribution is -2.33. The number of benzene rings is 1. The predicted molar refractivity (Wildman–Crippen MR) is 85.6 cm³/mol. The van der Waals surface area contributed by atoms with Crippen molar-refractivity contribution in [1.82, 2.24) is 10.2 Å². The van der Waals surface area contributed by atoms with Gasteiger partial charge in [0.1, 0.15) is 5.82 Å². The van der Waals surface area contributed by atoms with Gasteiger partial charge >= 0.3 is 0 Å². The Balaban J connectivity index is 1.60. The predicted octanol–water partition coefficient (Wildman–Crippen LogP) is 3.91. The molecule has 0 saturated carbocycles. The van der Waals surface area contributed by atoms with Crippen LogP contribution in [0.25, 0.3) is 0 Å². The molecule has 0 aliphatic carbocycles. The molecule has 2 aromatic rings. The number of thioether (sulfide) groups is 1. The zero-order valence-electron chi connectivity index (χ0n) is 11.9. The number of hydrogen-bond acceptors (Lipinski definition) is 3. The average Bonchev–Trinajstić information content (AvgIpc) is 3.03. The maximum absolute atomic E-state index is 4.03. The molecule has 3 nitrogen and oxygen atoms in total. The van der Waals surface area contributed by atoms with Gasteiger partial charge in [0.05, 0.1) is 6.20 Å². The number of anilines is 1. The van der Waals surface area contributed by atoms with Crippen molar-refractivity contribution >= 4 is 17.6 Å². The van der Waals surface area contributed by atoms with Gasteiger partial charge in [0.2, 0.25) is 0 Å². The van der Waals surface area contributed by atoms with E-state index in [1.807, 2.05) is 18.0 Å². The van der Waals surface area contributed by atoms with Gasteiger partial charge in [-0.3, -0.25) is 5.10 Å². The van der Waals surface area contributed by atoms with Gasteiger partial charge in [-0.05, 0) is 42.2 Å². The summed E-state index contributed by atoms with van der Waals surface area (Å²) in [6.45, 7) is 4.42. The summed E-state index contributed by atoms with van der Waals surface area (Å²) in [5, 5.41) is 7.09. The van der Waals surface area contributed by atoms with E-state index in [1.165, 1.54) is 23.3 Å². The van der Waals surface area contributed by atoms with Gasteiger partial charge in [-0.1, -0.05) is 19.1 Å². The number of aromatic nitrogens is 2. The van der Waals surface area contributed by atoms with Crippen LogP contribution in [0.2, 0.25) is 0 Å². The van der Waals surface area contributed by atoms with Crippen molar-refractivity contribution in [3.63, 3.8) is 0 Å². The second-order valence-corrected chi connectivity index (χ2v) is 6.54.